The number of likely N-dealkylation sites (tertiary alicyclic amines) is 1. The second kappa shape index (κ2) is 8.75. The number of aliphatic imine (C=N–C) groups is 1. The van der Waals surface area contributed by atoms with Gasteiger partial charge in [0.2, 0.25) is 0 Å². The van der Waals surface area contributed by atoms with Gasteiger partial charge in [-0.25, -0.2) is 0 Å². The lowest BCUT2D eigenvalue weighted by molar-refractivity contribution is 0.156. The quantitative estimate of drug-likeness (QED) is 0.402. The summed E-state index contributed by atoms with van der Waals surface area (Å²) in [5, 5.41) is 5.86. The SMILES string of the molecule is CN=C(NCC(C)N1CCc2sccc2C1)N1CCC2(CCOC2)C1.I. The van der Waals surface area contributed by atoms with Crippen LogP contribution in [-0.4, -0.2) is 68.2 Å². The van der Waals surface area contributed by atoms with Gasteiger partial charge in [-0.05, 0) is 43.2 Å². The topological polar surface area (TPSA) is 40.1 Å². The zero-order valence-corrected chi connectivity index (χ0v) is 19.0. The molecule has 1 spiro atoms. The van der Waals surface area contributed by atoms with Gasteiger partial charge in [0.15, 0.2) is 5.96 Å². The van der Waals surface area contributed by atoms with Gasteiger partial charge in [0.05, 0.1) is 6.61 Å². The molecule has 2 saturated heterocycles. The summed E-state index contributed by atoms with van der Waals surface area (Å²) in [5.41, 5.74) is 1.90. The normalized spacial score (nSPS) is 27.5. The largest absolute Gasteiger partial charge is 0.381 e. The van der Waals surface area contributed by atoms with E-state index in [1.54, 1.807) is 4.88 Å². The number of ether oxygens (including phenoxy) is 1. The van der Waals surface area contributed by atoms with Crippen LogP contribution in [0.25, 0.3) is 0 Å². The molecule has 3 aliphatic heterocycles. The van der Waals surface area contributed by atoms with Crippen LogP contribution in [-0.2, 0) is 17.7 Å². The first-order chi connectivity index (χ1) is 12.2. The van der Waals surface area contributed by atoms with E-state index in [0.29, 0.717) is 11.5 Å². The lowest BCUT2D eigenvalue weighted by Crippen LogP contribution is -2.48. The van der Waals surface area contributed by atoms with Crippen molar-refractivity contribution in [2.45, 2.75) is 38.8 Å². The van der Waals surface area contributed by atoms with E-state index in [-0.39, 0.29) is 24.0 Å². The van der Waals surface area contributed by atoms with Crippen LogP contribution in [0.5, 0.6) is 0 Å². The van der Waals surface area contributed by atoms with Gasteiger partial charge in [-0.3, -0.25) is 9.89 Å². The fourth-order valence-corrected chi connectivity index (χ4v) is 5.32. The minimum atomic E-state index is 0. The summed E-state index contributed by atoms with van der Waals surface area (Å²) in [6.45, 7) is 9.57. The molecule has 0 amide bonds. The number of fused-ring (bicyclic) bond motifs is 1. The van der Waals surface area contributed by atoms with Gasteiger partial charge >= 0.3 is 0 Å². The number of halogens is 1. The summed E-state index contributed by atoms with van der Waals surface area (Å²) >= 11 is 1.91. The molecule has 5 nitrogen and oxygen atoms in total. The van der Waals surface area contributed by atoms with Crippen molar-refractivity contribution in [2.75, 3.05) is 46.4 Å². The van der Waals surface area contributed by atoms with Crippen molar-refractivity contribution in [3.05, 3.63) is 21.9 Å². The highest BCUT2D eigenvalue weighted by atomic mass is 127. The highest BCUT2D eigenvalue weighted by Crippen LogP contribution is 2.38. The van der Waals surface area contributed by atoms with Crippen LogP contribution in [0.3, 0.4) is 0 Å². The maximum Gasteiger partial charge on any atom is 0.193 e. The van der Waals surface area contributed by atoms with E-state index in [1.807, 2.05) is 18.4 Å². The molecule has 2 fully saturated rings. The maximum atomic E-state index is 5.65. The van der Waals surface area contributed by atoms with Crippen molar-refractivity contribution in [2.24, 2.45) is 10.4 Å². The molecule has 0 aliphatic carbocycles. The molecule has 146 valence electrons. The highest BCUT2D eigenvalue weighted by Gasteiger charge is 2.42. The first-order valence-electron chi connectivity index (χ1n) is 9.52. The number of hydrogen-bond acceptors (Lipinski definition) is 4. The molecule has 2 atom stereocenters. The molecule has 4 heterocycles. The Labute approximate surface area is 178 Å². The third kappa shape index (κ3) is 4.20. The molecule has 0 radical (unpaired) electrons. The maximum absolute atomic E-state index is 5.65. The Morgan fingerprint density at radius 3 is 3.08 bits per heavy atom. The number of hydrogen-bond donors (Lipinski definition) is 1. The fraction of sp³-hybridized carbons (Fsp3) is 0.737. The zero-order chi connectivity index (χ0) is 17.3. The summed E-state index contributed by atoms with van der Waals surface area (Å²) in [6, 6.07) is 2.80. The summed E-state index contributed by atoms with van der Waals surface area (Å²) < 4.78 is 5.65. The van der Waals surface area contributed by atoms with Crippen LogP contribution >= 0.6 is 35.3 Å². The molecule has 0 bridgehead atoms. The van der Waals surface area contributed by atoms with E-state index >= 15 is 0 Å². The number of nitrogens with zero attached hydrogens (tertiary/aromatic N) is 3. The lowest BCUT2D eigenvalue weighted by atomic mass is 9.87. The first kappa shape index (κ1) is 20.4. The molecule has 1 aromatic heterocycles. The summed E-state index contributed by atoms with van der Waals surface area (Å²) in [4.78, 5) is 11.1. The molecule has 0 saturated carbocycles. The molecule has 3 aliphatic rings. The average molecular weight is 490 g/mol. The van der Waals surface area contributed by atoms with Crippen molar-refractivity contribution >= 4 is 41.3 Å². The minimum Gasteiger partial charge on any atom is -0.381 e. The Hall–Kier alpha value is -0.380. The highest BCUT2D eigenvalue weighted by molar-refractivity contribution is 14.0. The summed E-state index contributed by atoms with van der Waals surface area (Å²) in [7, 11) is 1.90. The van der Waals surface area contributed by atoms with Crippen molar-refractivity contribution in [3.8, 4) is 0 Å². The molecule has 4 rings (SSSR count). The van der Waals surface area contributed by atoms with E-state index in [0.717, 1.165) is 45.4 Å². The number of thiophene rings is 1. The Balaban J connectivity index is 0.00000196. The number of rotatable bonds is 3. The summed E-state index contributed by atoms with van der Waals surface area (Å²) in [5.74, 6) is 1.06. The van der Waals surface area contributed by atoms with Gasteiger partial charge in [-0.2, -0.15) is 0 Å². The predicted octanol–water partition coefficient (Wildman–Crippen LogP) is 2.80. The van der Waals surface area contributed by atoms with E-state index in [9.17, 15) is 0 Å². The number of guanidine groups is 1. The van der Waals surface area contributed by atoms with Gasteiger partial charge in [0.25, 0.3) is 0 Å². The zero-order valence-electron chi connectivity index (χ0n) is 15.9. The van der Waals surface area contributed by atoms with Crippen LogP contribution in [0.15, 0.2) is 16.4 Å². The van der Waals surface area contributed by atoms with Gasteiger partial charge < -0.3 is 15.0 Å². The van der Waals surface area contributed by atoms with Gasteiger partial charge in [-0.1, -0.05) is 0 Å². The molecule has 7 heteroatoms. The Morgan fingerprint density at radius 2 is 2.31 bits per heavy atom. The molecule has 26 heavy (non-hydrogen) atoms. The van der Waals surface area contributed by atoms with E-state index in [4.69, 9.17) is 4.74 Å². The molecule has 1 N–H and O–H groups in total. The average Bonchev–Trinajstić information content (AvgIpc) is 3.37. The van der Waals surface area contributed by atoms with Crippen molar-refractivity contribution in [1.82, 2.24) is 15.1 Å². The van der Waals surface area contributed by atoms with E-state index in [1.165, 1.54) is 31.4 Å². The lowest BCUT2D eigenvalue weighted by Gasteiger charge is -2.33. The molecular formula is C19H31IN4OS. The molecule has 0 aromatic carbocycles. The van der Waals surface area contributed by atoms with Crippen LogP contribution in [0.2, 0.25) is 0 Å². The monoisotopic (exact) mass is 490 g/mol. The van der Waals surface area contributed by atoms with Crippen LogP contribution in [0, 0.1) is 5.41 Å². The second-order valence-electron chi connectivity index (χ2n) is 7.84. The van der Waals surface area contributed by atoms with Crippen molar-refractivity contribution in [3.63, 3.8) is 0 Å². The first-order valence-corrected chi connectivity index (χ1v) is 10.4. The van der Waals surface area contributed by atoms with Gasteiger partial charge in [0, 0.05) is 62.7 Å². The third-order valence-electron chi connectivity index (χ3n) is 6.15. The predicted molar refractivity (Wildman–Crippen MR) is 119 cm³/mol. The number of nitrogens with one attached hydrogen (secondary N) is 1. The summed E-state index contributed by atoms with van der Waals surface area (Å²) in [6.07, 6.45) is 3.63. The van der Waals surface area contributed by atoms with Crippen LogP contribution in [0.4, 0.5) is 0 Å². The van der Waals surface area contributed by atoms with Gasteiger partial charge in [-0.15, -0.1) is 35.3 Å². The van der Waals surface area contributed by atoms with Crippen LogP contribution < -0.4 is 5.32 Å². The standard InChI is InChI=1S/C19H30N4OS.HI/c1-15(22-7-3-17-16(12-22)4-10-25-17)11-21-18(20-2)23-8-5-19(13-23)6-9-24-14-19;/h4,10,15H,3,5-9,11-14H2,1-2H3,(H,20,21);1H. The minimum absolute atomic E-state index is 0. The smallest absolute Gasteiger partial charge is 0.193 e. The van der Waals surface area contributed by atoms with Crippen molar-refractivity contribution in [1.29, 1.82) is 0 Å². The Kier molecular flexibility index (Phi) is 6.85. The second-order valence-corrected chi connectivity index (χ2v) is 8.84. The Morgan fingerprint density at radius 1 is 1.42 bits per heavy atom. The van der Waals surface area contributed by atoms with Crippen LogP contribution in [0.1, 0.15) is 30.2 Å². The molecule has 1 aromatic rings. The van der Waals surface area contributed by atoms with Gasteiger partial charge in [0.1, 0.15) is 0 Å². The molecular weight excluding hydrogens is 459 g/mol. The van der Waals surface area contributed by atoms with E-state index < -0.39 is 0 Å². The van der Waals surface area contributed by atoms with Crippen molar-refractivity contribution < 1.29 is 4.74 Å². The third-order valence-corrected chi connectivity index (χ3v) is 7.17. The van der Waals surface area contributed by atoms with E-state index in [2.05, 4.69) is 38.5 Å². The Bertz CT molecular complexity index is 629. The fourth-order valence-electron chi connectivity index (χ4n) is 4.43. The molecule has 2 unspecified atom stereocenters.